The predicted molar refractivity (Wildman–Crippen MR) is 119 cm³/mol. The van der Waals surface area contributed by atoms with Crippen LogP contribution in [0.25, 0.3) is 10.9 Å². The van der Waals surface area contributed by atoms with Gasteiger partial charge in [0.2, 0.25) is 0 Å². The molecule has 32 heavy (non-hydrogen) atoms. The predicted octanol–water partition coefficient (Wildman–Crippen LogP) is 6.13. The Hall–Kier alpha value is -3.09. The molecule has 3 aliphatic rings. The Morgan fingerprint density at radius 3 is 2.25 bits per heavy atom. The van der Waals surface area contributed by atoms with E-state index >= 15 is 0 Å². The molecular formula is C25H24F3N3O. The number of halogens is 3. The Balaban J connectivity index is 1.31. The van der Waals surface area contributed by atoms with Crippen molar-refractivity contribution in [1.82, 2.24) is 4.98 Å². The molecule has 1 saturated carbocycles. The average Bonchev–Trinajstić information content (AvgIpc) is 3.12. The second-order valence-corrected chi connectivity index (χ2v) is 8.89. The van der Waals surface area contributed by atoms with Crippen molar-refractivity contribution in [1.29, 1.82) is 0 Å². The van der Waals surface area contributed by atoms with Gasteiger partial charge in [-0.05, 0) is 73.9 Å². The van der Waals surface area contributed by atoms with Gasteiger partial charge >= 0.3 is 6.18 Å². The number of para-hydroxylation sites is 1. The van der Waals surface area contributed by atoms with Crippen molar-refractivity contribution < 1.29 is 18.0 Å². The largest absolute Gasteiger partial charge is 0.418 e. The highest BCUT2D eigenvalue weighted by Gasteiger charge is 2.33. The maximum atomic E-state index is 13.2. The second kappa shape index (κ2) is 8.11. The minimum absolute atomic E-state index is 0.131. The number of rotatable bonds is 3. The van der Waals surface area contributed by atoms with Crippen LogP contribution in [0.5, 0.6) is 0 Å². The van der Waals surface area contributed by atoms with Crippen LogP contribution in [0.2, 0.25) is 0 Å². The third-order valence-electron chi connectivity index (χ3n) is 6.69. The lowest BCUT2D eigenvalue weighted by atomic mass is 9.84. The summed E-state index contributed by atoms with van der Waals surface area (Å²) in [7, 11) is 0. The van der Waals surface area contributed by atoms with Gasteiger partial charge in [0.15, 0.2) is 0 Å². The SMILES string of the molecule is O=C(Nc1cnc2c(C(F)(F)F)cccc2c1)c1ccc(N2CC3CCC(CC3)C2)cc1. The number of amides is 1. The molecule has 0 radical (unpaired) electrons. The second-order valence-electron chi connectivity index (χ2n) is 8.89. The van der Waals surface area contributed by atoms with E-state index in [0.717, 1.165) is 36.7 Å². The van der Waals surface area contributed by atoms with Crippen molar-refractivity contribution in [3.8, 4) is 0 Å². The molecule has 2 aromatic carbocycles. The van der Waals surface area contributed by atoms with Gasteiger partial charge in [0.25, 0.3) is 5.91 Å². The van der Waals surface area contributed by atoms with Crippen molar-refractivity contribution in [3.05, 3.63) is 65.9 Å². The fourth-order valence-electron chi connectivity index (χ4n) is 4.99. The third-order valence-corrected chi connectivity index (χ3v) is 6.69. The van der Waals surface area contributed by atoms with E-state index < -0.39 is 11.7 Å². The van der Waals surface area contributed by atoms with Gasteiger partial charge < -0.3 is 10.2 Å². The van der Waals surface area contributed by atoms with Gasteiger partial charge in [0.05, 0.1) is 23.0 Å². The number of alkyl halides is 3. The number of hydrogen-bond donors (Lipinski definition) is 1. The van der Waals surface area contributed by atoms with Gasteiger partial charge in [-0.2, -0.15) is 13.2 Å². The number of aromatic nitrogens is 1. The molecular weight excluding hydrogens is 415 g/mol. The van der Waals surface area contributed by atoms with Crippen LogP contribution in [0.1, 0.15) is 41.6 Å². The van der Waals surface area contributed by atoms with E-state index in [9.17, 15) is 18.0 Å². The molecule has 1 N–H and O–H groups in total. The minimum Gasteiger partial charge on any atom is -0.371 e. The minimum atomic E-state index is -4.48. The van der Waals surface area contributed by atoms with Crippen LogP contribution < -0.4 is 10.2 Å². The first-order valence-electron chi connectivity index (χ1n) is 11.0. The van der Waals surface area contributed by atoms with Gasteiger partial charge in [-0.3, -0.25) is 9.78 Å². The van der Waals surface area contributed by atoms with Crippen LogP contribution in [0.4, 0.5) is 24.5 Å². The van der Waals surface area contributed by atoms with Crippen molar-refractivity contribution in [2.24, 2.45) is 11.8 Å². The normalized spacial score (nSPS) is 20.9. The van der Waals surface area contributed by atoms with Crippen LogP contribution in [-0.4, -0.2) is 24.0 Å². The Bertz CT molecular complexity index is 1120. The lowest BCUT2D eigenvalue weighted by molar-refractivity contribution is -0.136. The lowest BCUT2D eigenvalue weighted by Gasteiger charge is -2.25. The van der Waals surface area contributed by atoms with E-state index in [0.29, 0.717) is 16.6 Å². The Morgan fingerprint density at radius 2 is 1.62 bits per heavy atom. The van der Waals surface area contributed by atoms with Gasteiger partial charge in [-0.25, -0.2) is 0 Å². The molecule has 1 aliphatic carbocycles. The zero-order valence-electron chi connectivity index (χ0n) is 17.5. The van der Waals surface area contributed by atoms with E-state index in [1.807, 2.05) is 12.1 Å². The van der Waals surface area contributed by atoms with E-state index in [1.54, 1.807) is 18.2 Å². The molecule has 6 rings (SSSR count). The third kappa shape index (κ3) is 4.16. The van der Waals surface area contributed by atoms with Crippen molar-refractivity contribution in [2.75, 3.05) is 23.3 Å². The van der Waals surface area contributed by atoms with Gasteiger partial charge in [0, 0.05) is 29.7 Å². The van der Waals surface area contributed by atoms with Gasteiger partial charge in [0.1, 0.15) is 0 Å². The molecule has 1 aromatic heterocycles. The van der Waals surface area contributed by atoms with Crippen molar-refractivity contribution >= 4 is 28.2 Å². The van der Waals surface area contributed by atoms with Crippen molar-refractivity contribution in [3.63, 3.8) is 0 Å². The molecule has 166 valence electrons. The highest BCUT2D eigenvalue weighted by molar-refractivity contribution is 6.05. The summed E-state index contributed by atoms with van der Waals surface area (Å²) in [6.07, 6.45) is 2.03. The number of anilines is 2. The first-order chi connectivity index (χ1) is 15.4. The number of benzene rings is 2. The molecule has 3 heterocycles. The summed E-state index contributed by atoms with van der Waals surface area (Å²) in [5, 5.41) is 3.07. The maximum absolute atomic E-state index is 13.2. The summed E-state index contributed by atoms with van der Waals surface area (Å²) in [5.41, 5.74) is 1.07. The van der Waals surface area contributed by atoms with E-state index in [1.165, 1.54) is 44.0 Å². The monoisotopic (exact) mass is 439 g/mol. The van der Waals surface area contributed by atoms with Crippen LogP contribution in [0.3, 0.4) is 0 Å². The lowest BCUT2D eigenvalue weighted by Crippen LogP contribution is -2.28. The number of hydrogen-bond acceptors (Lipinski definition) is 3. The topological polar surface area (TPSA) is 45.2 Å². The first-order valence-corrected chi connectivity index (χ1v) is 11.0. The highest BCUT2D eigenvalue weighted by Crippen LogP contribution is 2.36. The Morgan fingerprint density at radius 1 is 0.969 bits per heavy atom. The molecule has 2 bridgehead atoms. The molecule has 3 aromatic rings. The van der Waals surface area contributed by atoms with Crippen LogP contribution in [0, 0.1) is 11.8 Å². The summed E-state index contributed by atoms with van der Waals surface area (Å²) in [5.74, 6) is 1.20. The number of carbonyl (C=O) groups excluding carboxylic acids is 1. The first kappa shape index (κ1) is 20.8. The molecule has 4 nitrogen and oxygen atoms in total. The number of fused-ring (bicyclic) bond motifs is 5. The fraction of sp³-hybridized carbons (Fsp3) is 0.360. The van der Waals surface area contributed by atoms with Crippen molar-refractivity contribution in [2.45, 2.75) is 31.9 Å². The number of pyridine rings is 1. The summed E-state index contributed by atoms with van der Waals surface area (Å²) < 4.78 is 39.5. The zero-order valence-corrected chi connectivity index (χ0v) is 17.5. The summed E-state index contributed by atoms with van der Waals surface area (Å²) in [6, 6.07) is 13.0. The van der Waals surface area contributed by atoms with E-state index in [2.05, 4.69) is 15.2 Å². The number of nitrogens with one attached hydrogen (secondary N) is 1. The smallest absolute Gasteiger partial charge is 0.371 e. The number of carbonyl (C=O) groups is 1. The fourth-order valence-corrected chi connectivity index (χ4v) is 4.99. The van der Waals surface area contributed by atoms with E-state index in [4.69, 9.17) is 0 Å². The summed E-state index contributed by atoms with van der Waals surface area (Å²) in [6.45, 7) is 2.15. The average molecular weight is 439 g/mol. The molecule has 0 unspecified atom stereocenters. The highest BCUT2D eigenvalue weighted by atomic mass is 19.4. The van der Waals surface area contributed by atoms with Crippen LogP contribution in [0.15, 0.2) is 54.7 Å². The molecule has 3 fully saturated rings. The Kier molecular flexibility index (Phi) is 5.27. The molecule has 1 amide bonds. The van der Waals surface area contributed by atoms with Gasteiger partial charge in [-0.15, -0.1) is 0 Å². The number of nitrogens with zero attached hydrogens (tertiary/aromatic N) is 2. The van der Waals surface area contributed by atoms with Gasteiger partial charge in [-0.1, -0.05) is 12.1 Å². The van der Waals surface area contributed by atoms with Crippen LogP contribution >= 0.6 is 0 Å². The zero-order chi connectivity index (χ0) is 22.3. The summed E-state index contributed by atoms with van der Waals surface area (Å²) >= 11 is 0. The van der Waals surface area contributed by atoms with E-state index in [-0.39, 0.29) is 11.4 Å². The maximum Gasteiger partial charge on any atom is 0.418 e. The van der Waals surface area contributed by atoms with Crippen LogP contribution in [-0.2, 0) is 6.18 Å². The molecule has 2 saturated heterocycles. The molecule has 0 atom stereocenters. The quantitative estimate of drug-likeness (QED) is 0.534. The molecule has 2 aliphatic heterocycles. The summed E-state index contributed by atoms with van der Waals surface area (Å²) in [4.78, 5) is 19.1. The Labute approximate surface area is 184 Å². The molecule has 7 heteroatoms. The standard InChI is InChI=1S/C25H24F3N3O/c26-25(27,28)22-3-1-2-19-12-20(13-29-23(19)22)30-24(32)18-8-10-21(11-9-18)31-14-16-4-5-17(15-31)7-6-16/h1-3,8-13,16-17H,4-7,14-15H2,(H,30,32). The molecule has 0 spiro atoms.